The van der Waals surface area contributed by atoms with E-state index in [0.717, 1.165) is 37.6 Å². The van der Waals surface area contributed by atoms with E-state index in [9.17, 15) is 0 Å². The van der Waals surface area contributed by atoms with Gasteiger partial charge in [-0.15, -0.1) is 0 Å². The number of nitrogens with one attached hydrogen (secondary N) is 2. The highest BCUT2D eigenvalue weighted by Crippen LogP contribution is 2.30. The standard InChI is InChI=1S/C15H21N5O/c16-12-5-6-14(20-15(12)21-10-11-3-4-11)17-7-1-2-13-18-8-9-19-13/h5-6,8-9,11H,1-4,7,10,16H2,(H,17,20)(H,18,19). The van der Waals surface area contributed by atoms with Crippen LogP contribution in [0.15, 0.2) is 24.5 Å². The van der Waals surface area contributed by atoms with Crippen LogP contribution in [0.2, 0.25) is 0 Å². The molecule has 3 rings (SSSR count). The van der Waals surface area contributed by atoms with Crippen LogP contribution in [0.4, 0.5) is 11.5 Å². The Hall–Kier alpha value is -2.24. The molecule has 0 radical (unpaired) electrons. The SMILES string of the molecule is Nc1ccc(NCCCc2ncc[nH]2)nc1OCC1CC1. The summed E-state index contributed by atoms with van der Waals surface area (Å²) in [4.78, 5) is 11.7. The van der Waals surface area contributed by atoms with E-state index in [2.05, 4.69) is 20.3 Å². The maximum atomic E-state index is 5.89. The second-order valence-corrected chi connectivity index (χ2v) is 5.41. The summed E-state index contributed by atoms with van der Waals surface area (Å²) in [7, 11) is 0. The maximum absolute atomic E-state index is 5.89. The molecule has 0 atom stereocenters. The molecule has 112 valence electrons. The van der Waals surface area contributed by atoms with Gasteiger partial charge in [-0.2, -0.15) is 4.98 Å². The number of H-pyrrole nitrogens is 1. The summed E-state index contributed by atoms with van der Waals surface area (Å²) in [6.07, 6.45) is 8.02. The molecule has 0 aromatic carbocycles. The first-order chi connectivity index (χ1) is 10.3. The molecular formula is C15H21N5O. The highest BCUT2D eigenvalue weighted by atomic mass is 16.5. The average Bonchev–Trinajstić information content (AvgIpc) is 3.18. The van der Waals surface area contributed by atoms with Gasteiger partial charge < -0.3 is 20.8 Å². The van der Waals surface area contributed by atoms with Crippen LogP contribution in [0.3, 0.4) is 0 Å². The van der Waals surface area contributed by atoms with Crippen molar-refractivity contribution in [2.75, 3.05) is 24.2 Å². The topological polar surface area (TPSA) is 88.8 Å². The van der Waals surface area contributed by atoms with Gasteiger partial charge in [-0.25, -0.2) is 4.98 Å². The summed E-state index contributed by atoms with van der Waals surface area (Å²) in [5, 5.41) is 3.29. The van der Waals surface area contributed by atoms with Crippen molar-refractivity contribution in [1.82, 2.24) is 15.0 Å². The van der Waals surface area contributed by atoms with E-state index in [4.69, 9.17) is 10.5 Å². The lowest BCUT2D eigenvalue weighted by atomic mass is 10.3. The van der Waals surface area contributed by atoms with Gasteiger partial charge in [0.25, 0.3) is 0 Å². The van der Waals surface area contributed by atoms with Crippen LogP contribution in [0, 0.1) is 5.92 Å². The monoisotopic (exact) mass is 287 g/mol. The van der Waals surface area contributed by atoms with Gasteiger partial charge in [-0.1, -0.05) is 0 Å². The van der Waals surface area contributed by atoms with Crippen LogP contribution in [0.5, 0.6) is 5.88 Å². The van der Waals surface area contributed by atoms with Gasteiger partial charge in [0.05, 0.1) is 12.3 Å². The molecule has 1 aliphatic carbocycles. The lowest BCUT2D eigenvalue weighted by molar-refractivity contribution is 0.290. The van der Waals surface area contributed by atoms with Gasteiger partial charge in [-0.3, -0.25) is 0 Å². The molecule has 2 aromatic rings. The molecular weight excluding hydrogens is 266 g/mol. The number of nitrogens with zero attached hydrogens (tertiary/aromatic N) is 2. The van der Waals surface area contributed by atoms with Gasteiger partial charge in [-0.05, 0) is 37.3 Å². The zero-order valence-corrected chi connectivity index (χ0v) is 12.0. The van der Waals surface area contributed by atoms with E-state index < -0.39 is 0 Å². The maximum Gasteiger partial charge on any atom is 0.239 e. The van der Waals surface area contributed by atoms with Crippen LogP contribution in [-0.2, 0) is 6.42 Å². The number of ether oxygens (including phenoxy) is 1. The number of hydrogen-bond donors (Lipinski definition) is 3. The summed E-state index contributed by atoms with van der Waals surface area (Å²) >= 11 is 0. The Morgan fingerprint density at radius 1 is 1.38 bits per heavy atom. The second kappa shape index (κ2) is 6.47. The quantitative estimate of drug-likeness (QED) is 0.648. The molecule has 1 aliphatic rings. The van der Waals surface area contributed by atoms with E-state index in [1.165, 1.54) is 12.8 Å². The molecule has 0 unspecified atom stereocenters. The summed E-state index contributed by atoms with van der Waals surface area (Å²) in [6, 6.07) is 3.72. The molecule has 2 aromatic heterocycles. The molecule has 0 spiro atoms. The normalized spacial score (nSPS) is 14.1. The summed E-state index contributed by atoms with van der Waals surface area (Å²) in [5.41, 5.74) is 6.48. The van der Waals surface area contributed by atoms with E-state index in [-0.39, 0.29) is 0 Å². The number of aromatic amines is 1. The van der Waals surface area contributed by atoms with E-state index in [1.54, 1.807) is 6.20 Å². The zero-order valence-electron chi connectivity index (χ0n) is 12.0. The summed E-state index contributed by atoms with van der Waals surface area (Å²) < 4.78 is 5.68. The fourth-order valence-electron chi connectivity index (χ4n) is 2.05. The second-order valence-electron chi connectivity index (χ2n) is 5.41. The molecule has 6 heteroatoms. The van der Waals surface area contributed by atoms with E-state index in [1.807, 2.05) is 18.3 Å². The van der Waals surface area contributed by atoms with Crippen molar-refractivity contribution >= 4 is 11.5 Å². The predicted molar refractivity (Wildman–Crippen MR) is 82.3 cm³/mol. The van der Waals surface area contributed by atoms with Crippen LogP contribution in [-0.4, -0.2) is 28.1 Å². The predicted octanol–water partition coefficient (Wildman–Crippen LogP) is 2.22. The molecule has 0 bridgehead atoms. The third-order valence-corrected chi connectivity index (χ3v) is 3.49. The number of nitrogen functional groups attached to an aromatic ring is 1. The number of hydrogen-bond acceptors (Lipinski definition) is 5. The Labute approximate surface area is 124 Å². The Bertz CT molecular complexity index is 565. The lowest BCUT2D eigenvalue weighted by Crippen LogP contribution is -2.08. The van der Waals surface area contributed by atoms with E-state index in [0.29, 0.717) is 17.5 Å². The van der Waals surface area contributed by atoms with Gasteiger partial charge in [0.1, 0.15) is 11.6 Å². The van der Waals surface area contributed by atoms with Crippen LogP contribution >= 0.6 is 0 Å². The van der Waals surface area contributed by atoms with Crippen molar-refractivity contribution in [2.45, 2.75) is 25.7 Å². The van der Waals surface area contributed by atoms with Crippen LogP contribution in [0.25, 0.3) is 0 Å². The summed E-state index contributed by atoms with van der Waals surface area (Å²) in [5.74, 6) is 3.04. The molecule has 0 saturated heterocycles. The number of pyridine rings is 1. The molecule has 4 N–H and O–H groups in total. The minimum absolute atomic E-state index is 0.540. The highest BCUT2D eigenvalue weighted by molar-refractivity contribution is 5.53. The van der Waals surface area contributed by atoms with Crippen molar-refractivity contribution in [3.63, 3.8) is 0 Å². The first-order valence-electron chi connectivity index (χ1n) is 7.43. The first-order valence-corrected chi connectivity index (χ1v) is 7.43. The molecule has 1 saturated carbocycles. The number of anilines is 2. The number of imidazole rings is 1. The third-order valence-electron chi connectivity index (χ3n) is 3.49. The number of aromatic nitrogens is 3. The summed E-state index contributed by atoms with van der Waals surface area (Å²) in [6.45, 7) is 1.55. The highest BCUT2D eigenvalue weighted by Gasteiger charge is 2.22. The smallest absolute Gasteiger partial charge is 0.239 e. The largest absolute Gasteiger partial charge is 0.476 e. The zero-order chi connectivity index (χ0) is 14.5. The van der Waals surface area contributed by atoms with Gasteiger partial charge >= 0.3 is 0 Å². The fraction of sp³-hybridized carbons (Fsp3) is 0.467. The van der Waals surface area contributed by atoms with Crippen molar-refractivity contribution in [2.24, 2.45) is 5.92 Å². The number of aryl methyl sites for hydroxylation is 1. The Balaban J connectivity index is 1.46. The van der Waals surface area contributed by atoms with E-state index >= 15 is 0 Å². The van der Waals surface area contributed by atoms with Crippen molar-refractivity contribution in [1.29, 1.82) is 0 Å². The van der Waals surface area contributed by atoms with Crippen LogP contribution < -0.4 is 15.8 Å². The molecule has 0 aliphatic heterocycles. The van der Waals surface area contributed by atoms with Crippen molar-refractivity contribution in [3.05, 3.63) is 30.4 Å². The third kappa shape index (κ3) is 4.11. The average molecular weight is 287 g/mol. The first kappa shape index (κ1) is 13.7. The minimum Gasteiger partial charge on any atom is -0.476 e. The number of rotatable bonds is 8. The molecule has 0 amide bonds. The molecule has 6 nitrogen and oxygen atoms in total. The van der Waals surface area contributed by atoms with Crippen molar-refractivity contribution < 1.29 is 4.74 Å². The Morgan fingerprint density at radius 3 is 3.05 bits per heavy atom. The Kier molecular flexibility index (Phi) is 4.23. The lowest BCUT2D eigenvalue weighted by Gasteiger charge is -2.10. The molecule has 21 heavy (non-hydrogen) atoms. The minimum atomic E-state index is 0.540. The van der Waals surface area contributed by atoms with Crippen molar-refractivity contribution in [3.8, 4) is 5.88 Å². The fourth-order valence-corrected chi connectivity index (χ4v) is 2.05. The molecule has 2 heterocycles. The van der Waals surface area contributed by atoms with Gasteiger partial charge in [0, 0.05) is 25.4 Å². The molecule has 1 fully saturated rings. The van der Waals surface area contributed by atoms with Gasteiger partial charge in [0.2, 0.25) is 5.88 Å². The number of nitrogens with two attached hydrogens (primary N) is 1. The Morgan fingerprint density at radius 2 is 2.29 bits per heavy atom. The van der Waals surface area contributed by atoms with Gasteiger partial charge in [0.15, 0.2) is 0 Å². The van der Waals surface area contributed by atoms with Crippen LogP contribution in [0.1, 0.15) is 25.1 Å².